The van der Waals surface area contributed by atoms with Gasteiger partial charge in [-0.05, 0) is 94.0 Å². The highest BCUT2D eigenvalue weighted by atomic mass is 16.3. The molecular weight excluding hydrogens is 621 g/mol. The Balaban J connectivity index is 1.28. The molecular formula is C46H42BN3O. The minimum absolute atomic E-state index is 0.0346. The topological polar surface area (TPSA) is 43.0 Å². The van der Waals surface area contributed by atoms with Crippen molar-refractivity contribution >= 4 is 62.5 Å². The molecule has 0 aliphatic carbocycles. The summed E-state index contributed by atoms with van der Waals surface area (Å²) >= 11 is 0. The number of hydrogen-bond donors (Lipinski definition) is 1. The van der Waals surface area contributed by atoms with Gasteiger partial charge in [-0.3, -0.25) is 0 Å². The van der Waals surface area contributed by atoms with Crippen LogP contribution in [0, 0.1) is 6.92 Å². The number of anilines is 2. The van der Waals surface area contributed by atoms with E-state index < -0.39 is 0 Å². The Kier molecular flexibility index (Phi) is 6.92. The first-order chi connectivity index (χ1) is 24.4. The first kappa shape index (κ1) is 31.4. The largest absolute Gasteiger partial charge is 0.436 e. The molecule has 1 aliphatic rings. The first-order valence-corrected chi connectivity index (χ1v) is 18.0. The molecule has 9 rings (SSSR count). The molecule has 0 bridgehead atoms. The quantitative estimate of drug-likeness (QED) is 0.191. The van der Waals surface area contributed by atoms with Gasteiger partial charge in [-0.2, -0.15) is 0 Å². The number of nitrogens with zero attached hydrogens (tertiary/aromatic N) is 2. The van der Waals surface area contributed by atoms with Crippen molar-refractivity contribution in [2.24, 2.45) is 0 Å². The number of oxazole rings is 1. The van der Waals surface area contributed by atoms with Gasteiger partial charge in [0.2, 0.25) is 5.89 Å². The van der Waals surface area contributed by atoms with Gasteiger partial charge >= 0.3 is 0 Å². The van der Waals surface area contributed by atoms with Crippen molar-refractivity contribution in [3.05, 3.63) is 132 Å². The molecule has 0 fully saturated rings. The summed E-state index contributed by atoms with van der Waals surface area (Å²) in [5.41, 5.74) is 17.6. The van der Waals surface area contributed by atoms with Gasteiger partial charge in [0.05, 0.1) is 5.52 Å². The van der Waals surface area contributed by atoms with Crippen LogP contribution in [0.4, 0.5) is 11.4 Å². The second-order valence-corrected chi connectivity index (χ2v) is 16.3. The zero-order chi connectivity index (χ0) is 35.2. The summed E-state index contributed by atoms with van der Waals surface area (Å²) in [5.74, 6) is 0.648. The molecule has 3 heterocycles. The molecule has 0 spiro atoms. The van der Waals surface area contributed by atoms with Crippen LogP contribution < -0.4 is 16.2 Å². The summed E-state index contributed by atoms with van der Waals surface area (Å²) < 4.78 is 8.93. The van der Waals surface area contributed by atoms with Crippen molar-refractivity contribution < 1.29 is 4.42 Å². The van der Waals surface area contributed by atoms with Gasteiger partial charge in [0.1, 0.15) is 5.52 Å². The molecule has 1 aliphatic heterocycles. The molecule has 250 valence electrons. The second kappa shape index (κ2) is 11.2. The molecule has 1 N–H and O–H groups in total. The van der Waals surface area contributed by atoms with E-state index in [2.05, 4.69) is 155 Å². The maximum Gasteiger partial charge on any atom is 0.227 e. The van der Waals surface area contributed by atoms with E-state index in [1.165, 1.54) is 60.5 Å². The van der Waals surface area contributed by atoms with Crippen molar-refractivity contribution in [1.82, 2.24) is 9.55 Å². The van der Waals surface area contributed by atoms with Gasteiger partial charge in [0.25, 0.3) is 0 Å². The Bertz CT molecular complexity index is 2650. The summed E-state index contributed by atoms with van der Waals surface area (Å²) in [6, 6.07) is 41.7. The lowest BCUT2D eigenvalue weighted by Crippen LogP contribution is -2.37. The zero-order valence-corrected chi connectivity index (χ0v) is 30.5. The van der Waals surface area contributed by atoms with Crippen molar-refractivity contribution in [3.8, 4) is 28.3 Å². The van der Waals surface area contributed by atoms with Crippen molar-refractivity contribution in [2.75, 3.05) is 5.32 Å². The van der Waals surface area contributed by atoms with E-state index in [4.69, 9.17) is 9.40 Å². The molecule has 0 unspecified atom stereocenters. The molecule has 4 nitrogen and oxygen atoms in total. The van der Waals surface area contributed by atoms with Crippen LogP contribution in [0.25, 0.3) is 61.2 Å². The van der Waals surface area contributed by atoms with Gasteiger partial charge in [-0.15, -0.1) is 0 Å². The van der Waals surface area contributed by atoms with Crippen LogP contribution in [0.15, 0.2) is 120 Å². The number of hydrogen-bond acceptors (Lipinski definition) is 3. The number of aromatic nitrogens is 2. The van der Waals surface area contributed by atoms with E-state index in [9.17, 15) is 0 Å². The van der Waals surface area contributed by atoms with Crippen LogP contribution in [0.3, 0.4) is 0 Å². The first-order valence-electron chi connectivity index (χ1n) is 18.0. The standard InChI is InChI=1S/C46H42BN3O/c1-27-23-33(32-15-11-12-16-36(32)48-31-20-17-29(18-21-31)45(2,3)4)42-43-41(27)34-24-30(46(5,6)7)19-22-38(34)50(43)39-26-40-37(25-35(39)47-42)49-44(51-40)28-13-9-8-10-14-28/h8-26,47-48H,1-7H3. The number of aryl methyl sites for hydroxylation is 1. The number of benzene rings is 6. The highest BCUT2D eigenvalue weighted by Crippen LogP contribution is 2.41. The normalized spacial score (nSPS) is 12.8. The summed E-state index contributed by atoms with van der Waals surface area (Å²) in [7, 11) is 0.794. The lowest BCUT2D eigenvalue weighted by molar-refractivity contribution is 0.590. The summed E-state index contributed by atoms with van der Waals surface area (Å²) in [6.45, 7) is 15.9. The predicted octanol–water partition coefficient (Wildman–Crippen LogP) is 10.6. The van der Waals surface area contributed by atoms with Gasteiger partial charge in [0, 0.05) is 50.5 Å². The highest BCUT2D eigenvalue weighted by molar-refractivity contribution is 6.73. The van der Waals surface area contributed by atoms with E-state index in [0.717, 1.165) is 41.0 Å². The maximum absolute atomic E-state index is 6.44. The Morgan fingerprint density at radius 1 is 0.706 bits per heavy atom. The van der Waals surface area contributed by atoms with Gasteiger partial charge < -0.3 is 14.3 Å². The number of para-hydroxylation sites is 1. The Morgan fingerprint density at radius 3 is 2.16 bits per heavy atom. The third-order valence-electron chi connectivity index (χ3n) is 10.7. The number of fused-ring (bicyclic) bond motifs is 6. The van der Waals surface area contributed by atoms with Crippen LogP contribution in [-0.4, -0.2) is 16.8 Å². The lowest BCUT2D eigenvalue weighted by atomic mass is 9.58. The van der Waals surface area contributed by atoms with Crippen molar-refractivity contribution in [2.45, 2.75) is 59.3 Å². The minimum Gasteiger partial charge on any atom is -0.436 e. The minimum atomic E-state index is 0.0346. The average molecular weight is 664 g/mol. The molecule has 8 aromatic rings. The van der Waals surface area contributed by atoms with Crippen LogP contribution in [0.5, 0.6) is 0 Å². The fourth-order valence-electron chi connectivity index (χ4n) is 7.90. The SMILES string of the molecule is Cc1cc(-c2ccccc2Nc2ccc(C(C)(C)C)cc2)c2c3c1c1cc(C(C)(C)C)ccc1n3-c1cc3oc(-c4ccccc4)nc3cc1B2. The summed E-state index contributed by atoms with van der Waals surface area (Å²) in [4.78, 5) is 4.98. The number of rotatable bonds is 4. The van der Waals surface area contributed by atoms with Gasteiger partial charge in [-0.1, -0.05) is 108 Å². The van der Waals surface area contributed by atoms with E-state index in [-0.39, 0.29) is 10.8 Å². The zero-order valence-electron chi connectivity index (χ0n) is 30.5. The van der Waals surface area contributed by atoms with Crippen molar-refractivity contribution in [3.63, 3.8) is 0 Å². The Labute approximate surface area is 300 Å². The third kappa shape index (κ3) is 5.17. The van der Waals surface area contributed by atoms with Crippen LogP contribution in [-0.2, 0) is 10.8 Å². The van der Waals surface area contributed by atoms with E-state index >= 15 is 0 Å². The molecule has 6 aromatic carbocycles. The Hall–Kier alpha value is -5.55. The molecule has 0 saturated carbocycles. The highest BCUT2D eigenvalue weighted by Gasteiger charge is 2.29. The smallest absolute Gasteiger partial charge is 0.227 e. The molecule has 51 heavy (non-hydrogen) atoms. The van der Waals surface area contributed by atoms with E-state index in [0.29, 0.717) is 5.89 Å². The van der Waals surface area contributed by atoms with Crippen LogP contribution in [0.2, 0.25) is 0 Å². The van der Waals surface area contributed by atoms with Gasteiger partial charge in [-0.25, -0.2) is 4.98 Å². The third-order valence-corrected chi connectivity index (χ3v) is 10.7. The predicted molar refractivity (Wildman–Crippen MR) is 217 cm³/mol. The van der Waals surface area contributed by atoms with Crippen LogP contribution in [0.1, 0.15) is 58.2 Å². The molecule has 0 radical (unpaired) electrons. The molecule has 0 atom stereocenters. The molecule has 0 saturated heterocycles. The van der Waals surface area contributed by atoms with Crippen molar-refractivity contribution in [1.29, 1.82) is 0 Å². The molecule has 2 aromatic heterocycles. The molecule has 0 amide bonds. The van der Waals surface area contributed by atoms with E-state index in [1.54, 1.807) is 0 Å². The fraction of sp³-hybridized carbons (Fsp3) is 0.196. The average Bonchev–Trinajstić information content (AvgIpc) is 3.69. The summed E-state index contributed by atoms with van der Waals surface area (Å²) in [5, 5.41) is 6.40. The fourth-order valence-corrected chi connectivity index (χ4v) is 7.90. The summed E-state index contributed by atoms with van der Waals surface area (Å²) in [6.07, 6.45) is 0. The maximum atomic E-state index is 6.44. The van der Waals surface area contributed by atoms with Crippen LogP contribution >= 0.6 is 0 Å². The molecule has 5 heteroatoms. The van der Waals surface area contributed by atoms with Gasteiger partial charge in [0.15, 0.2) is 12.9 Å². The number of nitrogens with one attached hydrogen (secondary N) is 1. The lowest BCUT2D eigenvalue weighted by Gasteiger charge is -2.24. The Morgan fingerprint density at radius 2 is 1.41 bits per heavy atom. The van der Waals surface area contributed by atoms with E-state index in [1.807, 2.05) is 18.2 Å². The second-order valence-electron chi connectivity index (χ2n) is 16.3. The monoisotopic (exact) mass is 663 g/mol.